The Morgan fingerprint density at radius 1 is 1.21 bits per heavy atom. The van der Waals surface area contributed by atoms with Crippen LogP contribution in [0.4, 0.5) is 10.5 Å². The molecule has 6 nitrogen and oxygen atoms in total. The van der Waals surface area contributed by atoms with Gasteiger partial charge in [0.15, 0.2) is 0 Å². The molecule has 0 spiro atoms. The van der Waals surface area contributed by atoms with Crippen LogP contribution in [0.15, 0.2) is 36.9 Å². The van der Waals surface area contributed by atoms with Crippen molar-refractivity contribution in [1.29, 1.82) is 0 Å². The Kier molecular flexibility index (Phi) is 6.34. The molecule has 0 aliphatic heterocycles. The number of ketones is 1. The molecule has 0 aromatic heterocycles. The Morgan fingerprint density at radius 2 is 1.88 bits per heavy atom. The van der Waals surface area contributed by atoms with Crippen LogP contribution in [0.2, 0.25) is 0 Å². The molecular formula is C28H39NO5. The summed E-state index contributed by atoms with van der Waals surface area (Å²) in [7, 11) is 1.59. The van der Waals surface area contributed by atoms with Crippen LogP contribution in [-0.4, -0.2) is 36.3 Å². The molecule has 6 heteroatoms. The number of nitrogens with one attached hydrogen (secondary N) is 1. The number of amides is 1. The average Bonchev–Trinajstić information content (AvgIpc) is 3.18. The van der Waals surface area contributed by atoms with Gasteiger partial charge in [0.2, 0.25) is 0 Å². The molecule has 2 bridgehead atoms. The molecule has 1 aromatic carbocycles. The zero-order valence-corrected chi connectivity index (χ0v) is 21.1. The lowest BCUT2D eigenvalue weighted by atomic mass is 9.44. The highest BCUT2D eigenvalue weighted by Gasteiger charge is 2.68. The maximum absolute atomic E-state index is 13.4. The normalized spacial score (nSPS) is 41.6. The van der Waals surface area contributed by atoms with E-state index in [0.29, 0.717) is 24.3 Å². The van der Waals surface area contributed by atoms with E-state index in [1.807, 2.05) is 13.0 Å². The molecule has 1 unspecified atom stereocenters. The van der Waals surface area contributed by atoms with Gasteiger partial charge in [0.1, 0.15) is 17.6 Å². The fourth-order valence-corrected chi connectivity index (χ4v) is 7.45. The van der Waals surface area contributed by atoms with E-state index in [-0.39, 0.29) is 29.0 Å². The fourth-order valence-electron chi connectivity index (χ4n) is 7.45. The van der Waals surface area contributed by atoms with E-state index < -0.39 is 29.1 Å². The number of rotatable bonds is 4. The summed E-state index contributed by atoms with van der Waals surface area (Å²) in [6, 6.07) is 7.06. The number of benzene rings is 1. The van der Waals surface area contributed by atoms with Crippen LogP contribution in [0.1, 0.15) is 59.8 Å². The van der Waals surface area contributed by atoms with Crippen molar-refractivity contribution >= 4 is 17.6 Å². The minimum absolute atomic E-state index is 0.0483. The Morgan fingerprint density at radius 3 is 2.50 bits per heavy atom. The largest absolute Gasteiger partial charge is 0.497 e. The molecule has 1 amide bonds. The molecule has 4 rings (SSSR count). The van der Waals surface area contributed by atoms with Gasteiger partial charge in [0, 0.05) is 28.9 Å². The number of hydrogen-bond donors (Lipinski definition) is 2. The van der Waals surface area contributed by atoms with Crippen LogP contribution < -0.4 is 10.1 Å². The number of carbonyl (C=O) groups excluding carboxylic acids is 2. The van der Waals surface area contributed by atoms with Crippen molar-refractivity contribution < 1.29 is 24.2 Å². The predicted molar refractivity (Wildman–Crippen MR) is 132 cm³/mol. The number of aliphatic hydroxyl groups is 1. The number of aliphatic hydroxyl groups excluding tert-OH is 1. The second-order valence-corrected chi connectivity index (χ2v) is 11.3. The van der Waals surface area contributed by atoms with E-state index in [1.165, 1.54) is 0 Å². The molecule has 0 radical (unpaired) electrons. The van der Waals surface area contributed by atoms with Crippen molar-refractivity contribution in [3.05, 3.63) is 36.9 Å². The van der Waals surface area contributed by atoms with Gasteiger partial charge in [-0.3, -0.25) is 10.1 Å². The van der Waals surface area contributed by atoms with Gasteiger partial charge in [-0.25, -0.2) is 4.79 Å². The summed E-state index contributed by atoms with van der Waals surface area (Å²) in [6.45, 7) is 12.5. The first-order valence-electron chi connectivity index (χ1n) is 12.5. The number of ether oxygens (including phenoxy) is 2. The van der Waals surface area contributed by atoms with E-state index in [4.69, 9.17) is 9.47 Å². The highest BCUT2D eigenvalue weighted by atomic mass is 16.6. The maximum Gasteiger partial charge on any atom is 0.411 e. The number of carbonyl (C=O) groups is 2. The summed E-state index contributed by atoms with van der Waals surface area (Å²) >= 11 is 0. The molecule has 3 saturated carbocycles. The van der Waals surface area contributed by atoms with Crippen molar-refractivity contribution in [2.75, 3.05) is 12.4 Å². The molecule has 1 aromatic rings. The lowest BCUT2D eigenvalue weighted by Gasteiger charge is -2.61. The van der Waals surface area contributed by atoms with Crippen LogP contribution >= 0.6 is 0 Å². The summed E-state index contributed by atoms with van der Waals surface area (Å²) < 4.78 is 11.4. The molecule has 2 N–H and O–H groups in total. The lowest BCUT2D eigenvalue weighted by molar-refractivity contribution is -0.190. The quantitative estimate of drug-likeness (QED) is 0.560. The van der Waals surface area contributed by atoms with E-state index in [2.05, 4.69) is 32.7 Å². The van der Waals surface area contributed by atoms with Gasteiger partial charge in [-0.2, -0.15) is 0 Å². The van der Waals surface area contributed by atoms with E-state index in [9.17, 15) is 14.7 Å². The van der Waals surface area contributed by atoms with Crippen LogP contribution in [0.25, 0.3) is 0 Å². The molecule has 0 saturated heterocycles. The monoisotopic (exact) mass is 469 g/mol. The van der Waals surface area contributed by atoms with E-state index in [1.54, 1.807) is 31.4 Å². The first-order valence-corrected chi connectivity index (χ1v) is 12.5. The van der Waals surface area contributed by atoms with Crippen molar-refractivity contribution in [3.63, 3.8) is 0 Å². The summed E-state index contributed by atoms with van der Waals surface area (Å²) in [5.74, 6) is 0.861. The number of anilines is 1. The Labute approximate surface area is 203 Å². The molecule has 3 fully saturated rings. The summed E-state index contributed by atoms with van der Waals surface area (Å²) in [6.07, 6.45) is 3.62. The first-order chi connectivity index (χ1) is 16.0. The molecule has 3 aliphatic rings. The smallest absolute Gasteiger partial charge is 0.411 e. The highest BCUT2D eigenvalue weighted by molar-refractivity contribution is 5.86. The van der Waals surface area contributed by atoms with Gasteiger partial charge in [-0.1, -0.05) is 33.8 Å². The van der Waals surface area contributed by atoms with Gasteiger partial charge >= 0.3 is 6.09 Å². The van der Waals surface area contributed by atoms with Crippen LogP contribution in [0.5, 0.6) is 5.75 Å². The van der Waals surface area contributed by atoms with Gasteiger partial charge in [0.25, 0.3) is 0 Å². The van der Waals surface area contributed by atoms with Crippen molar-refractivity contribution in [2.24, 2.45) is 34.0 Å². The average molecular weight is 470 g/mol. The van der Waals surface area contributed by atoms with E-state index in [0.717, 1.165) is 19.3 Å². The minimum Gasteiger partial charge on any atom is -0.497 e. The molecule has 0 heterocycles. The number of methoxy groups -OCH3 is 1. The zero-order valence-electron chi connectivity index (χ0n) is 21.1. The second-order valence-electron chi connectivity index (χ2n) is 11.3. The lowest BCUT2D eigenvalue weighted by Crippen LogP contribution is -2.63. The van der Waals surface area contributed by atoms with Crippen molar-refractivity contribution in [2.45, 2.75) is 72.0 Å². The van der Waals surface area contributed by atoms with Crippen molar-refractivity contribution in [1.82, 2.24) is 0 Å². The second kappa shape index (κ2) is 8.71. The Hall–Kier alpha value is -2.34. The first kappa shape index (κ1) is 24.8. The standard InChI is InChI=1S/C28H39NO5/c1-7-26(4)16-22(34-25(32)29-19-8-10-20(33-6)11-9-19)27(5)17(2)12-14-28(18(3)24(26)31)15-13-21(30)23(27)28/h7-11,17-18,22-24,31H,1,12-16H2,2-6H3,(H,29,32)/t17?,18-,22+,23-,24-,26+,27-,28-/m0/s1. The Bertz CT molecular complexity index is 960. The zero-order chi connectivity index (χ0) is 24.9. The SMILES string of the molecule is C=C[C@]1(C)C[C@@H](OC(=O)Nc2ccc(OC)cc2)[C@]2(C)C(C)CC[C@]3(CCC(=O)[C@H]32)[C@@H](C)[C@@H]1O. The van der Waals surface area contributed by atoms with Crippen LogP contribution in [0, 0.1) is 34.0 Å². The molecule has 34 heavy (non-hydrogen) atoms. The highest BCUT2D eigenvalue weighted by Crippen LogP contribution is 2.68. The fraction of sp³-hybridized carbons (Fsp3) is 0.643. The van der Waals surface area contributed by atoms with Gasteiger partial charge in [-0.05, 0) is 67.2 Å². The third-order valence-corrected chi connectivity index (χ3v) is 9.89. The third-order valence-electron chi connectivity index (χ3n) is 9.89. The molecule has 8 atom stereocenters. The summed E-state index contributed by atoms with van der Waals surface area (Å²) in [5.41, 5.74) is -0.852. The Balaban J connectivity index is 1.72. The number of hydrogen-bond acceptors (Lipinski definition) is 5. The summed E-state index contributed by atoms with van der Waals surface area (Å²) in [4.78, 5) is 26.6. The third kappa shape index (κ3) is 3.65. The molecule has 3 aliphatic carbocycles. The topological polar surface area (TPSA) is 84.9 Å². The summed E-state index contributed by atoms with van der Waals surface area (Å²) in [5, 5.41) is 14.4. The van der Waals surface area contributed by atoms with Gasteiger partial charge in [0.05, 0.1) is 13.2 Å². The number of Topliss-reactive ketones (excluding diaryl/α,β-unsaturated/α-hetero) is 1. The van der Waals surface area contributed by atoms with Crippen molar-refractivity contribution in [3.8, 4) is 5.75 Å². The molecule has 186 valence electrons. The van der Waals surface area contributed by atoms with Crippen LogP contribution in [-0.2, 0) is 9.53 Å². The van der Waals surface area contributed by atoms with E-state index >= 15 is 0 Å². The van der Waals surface area contributed by atoms with Gasteiger partial charge < -0.3 is 14.6 Å². The van der Waals surface area contributed by atoms with Crippen LogP contribution in [0.3, 0.4) is 0 Å². The molecular weight excluding hydrogens is 430 g/mol. The maximum atomic E-state index is 13.4. The predicted octanol–water partition coefficient (Wildman–Crippen LogP) is 5.61. The minimum atomic E-state index is -0.674. The van der Waals surface area contributed by atoms with Gasteiger partial charge in [-0.15, -0.1) is 6.58 Å².